The van der Waals surface area contributed by atoms with E-state index in [4.69, 9.17) is 35.0 Å². The summed E-state index contributed by atoms with van der Waals surface area (Å²) in [6.07, 6.45) is 1.03. The molecule has 0 aliphatic heterocycles. The number of carbonyl (C=O) groups is 3. The summed E-state index contributed by atoms with van der Waals surface area (Å²) in [6, 6.07) is 18.8. The van der Waals surface area contributed by atoms with E-state index < -0.39 is 32.2 Å². The van der Waals surface area contributed by atoms with Crippen LogP contribution in [-0.4, -0.2) is 58.1 Å². The monoisotopic (exact) mass is 781 g/mol. The van der Waals surface area contributed by atoms with E-state index in [2.05, 4.69) is 49.8 Å². The van der Waals surface area contributed by atoms with Gasteiger partial charge in [0.25, 0.3) is 0 Å². The molecule has 3 amide bonds. The fourth-order valence-corrected chi connectivity index (χ4v) is 6.87. The number of halogens is 1. The number of methoxy groups -OCH3 is 1. The van der Waals surface area contributed by atoms with Crippen LogP contribution in [0.25, 0.3) is 11.1 Å². The summed E-state index contributed by atoms with van der Waals surface area (Å²) >= 11 is 6.57. The van der Waals surface area contributed by atoms with Crippen molar-refractivity contribution in [2.75, 3.05) is 24.4 Å². The number of carbonyl (C=O) groups excluding carboxylic acids is 3. The number of nitrogens with one attached hydrogen (secondary N) is 3. The summed E-state index contributed by atoms with van der Waals surface area (Å²) < 4.78 is 28.6. The maximum absolute atomic E-state index is 13.2. The zero-order valence-corrected chi connectivity index (χ0v) is 34.8. The molecule has 294 valence electrons. The van der Waals surface area contributed by atoms with Crippen LogP contribution in [0.5, 0.6) is 5.75 Å². The molecule has 3 aromatic carbocycles. The van der Waals surface area contributed by atoms with Crippen molar-refractivity contribution in [2.45, 2.75) is 116 Å². The highest BCUT2D eigenvalue weighted by Crippen LogP contribution is 2.39. The Labute approximate surface area is 325 Å². The molecule has 0 radical (unpaired) electrons. The summed E-state index contributed by atoms with van der Waals surface area (Å²) in [5.74, 6) is 0.549. The topological polar surface area (TPSA) is 133 Å². The number of ether oxygens (including phenoxy) is 4. The molecule has 13 heteroatoms. The highest BCUT2D eigenvalue weighted by molar-refractivity contribution is 6.74. The van der Waals surface area contributed by atoms with Gasteiger partial charge in [-0.3, -0.25) is 10.6 Å². The van der Waals surface area contributed by atoms with E-state index in [1.807, 2.05) is 69.3 Å². The molecule has 1 aliphatic rings. The van der Waals surface area contributed by atoms with Crippen LogP contribution in [0.1, 0.15) is 78.4 Å². The molecular weight excluding hydrogens is 726 g/mol. The lowest BCUT2D eigenvalue weighted by Crippen LogP contribution is -2.42. The molecule has 54 heavy (non-hydrogen) atoms. The Morgan fingerprint density at radius 2 is 1.50 bits per heavy atom. The second kappa shape index (κ2) is 18.4. The van der Waals surface area contributed by atoms with Crippen LogP contribution in [0.4, 0.5) is 25.8 Å². The number of benzene rings is 3. The van der Waals surface area contributed by atoms with Crippen molar-refractivity contribution >= 4 is 49.6 Å². The third-order valence-electron chi connectivity index (χ3n) is 9.70. The average molecular weight is 782 g/mol. The van der Waals surface area contributed by atoms with E-state index in [-0.39, 0.29) is 23.8 Å². The van der Waals surface area contributed by atoms with E-state index >= 15 is 0 Å². The molecular formula is C41H56ClN3O8Si. The van der Waals surface area contributed by atoms with Crippen LogP contribution < -0.4 is 20.7 Å². The first-order valence-electron chi connectivity index (χ1n) is 18.4. The van der Waals surface area contributed by atoms with Crippen LogP contribution in [0.2, 0.25) is 23.2 Å². The second-order valence-electron chi connectivity index (χ2n) is 16.1. The zero-order valence-electron chi connectivity index (χ0n) is 33.0. The Balaban J connectivity index is 1.34. The smallest absolute Gasteiger partial charge is 0.411 e. The normalized spacial score (nSPS) is 16.2. The van der Waals surface area contributed by atoms with Crippen LogP contribution in [-0.2, 0) is 31.7 Å². The average Bonchev–Trinajstić information content (AvgIpc) is 3.08. The van der Waals surface area contributed by atoms with Crippen LogP contribution >= 0.6 is 11.6 Å². The third-order valence-corrected chi connectivity index (χ3v) is 14.5. The molecule has 0 heterocycles. The Kier molecular flexibility index (Phi) is 14.5. The Morgan fingerprint density at radius 3 is 2.13 bits per heavy atom. The molecule has 0 bridgehead atoms. The molecule has 11 nitrogen and oxygen atoms in total. The van der Waals surface area contributed by atoms with E-state index in [0.717, 1.165) is 22.3 Å². The number of rotatable bonds is 12. The van der Waals surface area contributed by atoms with E-state index in [0.29, 0.717) is 60.9 Å². The SMILES string of the molecule is COc1cc(NC(=O)OCCc2ccc(-c3ccccc3)c(NC(=O)O[C@H]3CC[C@H](NC(=O)OC(C)(C)C)CC3)c2)c(Cl)cc1CO[Si](C)(C)C(C)(C)C. The first kappa shape index (κ1) is 42.5. The fraction of sp³-hybridized carbons (Fsp3) is 0.488. The van der Waals surface area contributed by atoms with Gasteiger partial charge in [-0.2, -0.15) is 0 Å². The zero-order chi connectivity index (χ0) is 39.7. The molecule has 1 aliphatic carbocycles. The van der Waals surface area contributed by atoms with Crippen LogP contribution in [0.3, 0.4) is 0 Å². The van der Waals surface area contributed by atoms with Crippen molar-refractivity contribution in [2.24, 2.45) is 0 Å². The first-order chi connectivity index (χ1) is 25.3. The van der Waals surface area contributed by atoms with Gasteiger partial charge in [-0.1, -0.05) is 74.8 Å². The summed E-state index contributed by atoms with van der Waals surface area (Å²) in [5, 5.41) is 8.96. The van der Waals surface area contributed by atoms with Crippen molar-refractivity contribution in [3.8, 4) is 16.9 Å². The molecule has 3 N–H and O–H groups in total. The van der Waals surface area contributed by atoms with Gasteiger partial charge in [0.1, 0.15) is 17.5 Å². The van der Waals surface area contributed by atoms with Crippen molar-refractivity contribution in [3.05, 3.63) is 76.8 Å². The summed E-state index contributed by atoms with van der Waals surface area (Å²) in [5.41, 5.74) is 3.74. The van der Waals surface area contributed by atoms with Crippen LogP contribution in [0, 0.1) is 0 Å². The van der Waals surface area contributed by atoms with Gasteiger partial charge in [-0.15, -0.1) is 0 Å². The molecule has 1 saturated carbocycles. The lowest BCUT2D eigenvalue weighted by atomic mass is 9.93. The predicted octanol–water partition coefficient (Wildman–Crippen LogP) is 10.7. The fourth-order valence-electron chi connectivity index (χ4n) is 5.69. The van der Waals surface area contributed by atoms with Gasteiger partial charge >= 0.3 is 18.3 Å². The lowest BCUT2D eigenvalue weighted by Gasteiger charge is -2.36. The van der Waals surface area contributed by atoms with Gasteiger partial charge in [0.2, 0.25) is 0 Å². The minimum Gasteiger partial charge on any atom is -0.496 e. The van der Waals surface area contributed by atoms with Gasteiger partial charge in [-0.05, 0) is 87.8 Å². The quantitative estimate of drug-likeness (QED) is 0.122. The van der Waals surface area contributed by atoms with Gasteiger partial charge in [-0.25, -0.2) is 14.4 Å². The van der Waals surface area contributed by atoms with Crippen LogP contribution in [0.15, 0.2) is 60.7 Å². The van der Waals surface area contributed by atoms with Gasteiger partial charge in [0, 0.05) is 29.7 Å². The largest absolute Gasteiger partial charge is 0.496 e. The first-order valence-corrected chi connectivity index (χ1v) is 21.7. The van der Waals surface area contributed by atoms with Gasteiger partial charge in [0.05, 0.1) is 36.7 Å². The molecule has 3 aromatic rings. The molecule has 0 saturated heterocycles. The van der Waals surface area contributed by atoms with Gasteiger partial charge in [0.15, 0.2) is 8.32 Å². The number of hydrogen-bond acceptors (Lipinski definition) is 8. The molecule has 0 aromatic heterocycles. The predicted molar refractivity (Wildman–Crippen MR) is 216 cm³/mol. The highest BCUT2D eigenvalue weighted by Gasteiger charge is 2.37. The number of alkyl carbamates (subject to hydrolysis) is 1. The highest BCUT2D eigenvalue weighted by atomic mass is 35.5. The maximum Gasteiger partial charge on any atom is 0.411 e. The molecule has 0 spiro atoms. The summed E-state index contributed by atoms with van der Waals surface area (Å²) in [7, 11) is -0.445. The Morgan fingerprint density at radius 1 is 0.833 bits per heavy atom. The number of hydrogen-bond donors (Lipinski definition) is 3. The maximum atomic E-state index is 13.2. The van der Waals surface area contributed by atoms with Crippen molar-refractivity contribution in [1.29, 1.82) is 0 Å². The van der Waals surface area contributed by atoms with E-state index in [9.17, 15) is 14.4 Å². The van der Waals surface area contributed by atoms with E-state index in [1.165, 1.54) is 0 Å². The van der Waals surface area contributed by atoms with Gasteiger partial charge < -0.3 is 28.7 Å². The minimum atomic E-state index is -2.01. The second-order valence-corrected chi connectivity index (χ2v) is 21.3. The molecule has 4 rings (SSSR count). The van der Waals surface area contributed by atoms with E-state index in [1.54, 1.807) is 19.2 Å². The van der Waals surface area contributed by atoms with Crippen molar-refractivity contribution in [1.82, 2.24) is 5.32 Å². The Bertz CT molecular complexity index is 1750. The van der Waals surface area contributed by atoms with Crippen molar-refractivity contribution < 1.29 is 37.8 Å². The standard InChI is InChI=1S/C41H56ClN3O8Si/c1-40(2,3)53-39(48)43-30-16-18-31(19-17-30)52-38(47)44-34-23-27(15-20-32(34)28-13-11-10-12-14-28)21-22-50-37(46)45-35-25-36(49-7)29(24-33(35)42)26-51-54(8,9)41(4,5)6/h10-15,20,23-25,30-31H,16-19,21-22,26H2,1-9H3,(H,43,48)(H,44,47)(H,45,46)/t30-,31-. The molecule has 1 fully saturated rings. The lowest BCUT2D eigenvalue weighted by molar-refractivity contribution is 0.0440. The number of amides is 3. The third kappa shape index (κ3) is 12.7. The molecule has 0 unspecified atom stereocenters. The summed E-state index contributed by atoms with van der Waals surface area (Å²) in [4.78, 5) is 38.2. The number of anilines is 2. The minimum absolute atomic E-state index is 0.0358. The summed E-state index contributed by atoms with van der Waals surface area (Å²) in [6.45, 7) is 16.8. The molecule has 0 atom stereocenters. The van der Waals surface area contributed by atoms with Crippen molar-refractivity contribution in [3.63, 3.8) is 0 Å². The Hall–Kier alpha value is -4.26.